The van der Waals surface area contributed by atoms with Gasteiger partial charge in [0.05, 0.1) is 16.1 Å². The summed E-state index contributed by atoms with van der Waals surface area (Å²) in [5, 5.41) is 4.66. The molecule has 184 valence electrons. The minimum atomic E-state index is -0.502. The van der Waals surface area contributed by atoms with Crippen LogP contribution in [0.5, 0.6) is 0 Å². The SMILES string of the molecule is O=C(Nc1ccc(-c2cc3ccccc3oc2=O)c(Cl)c1)c1cccc(-c2cc3ccccc3oc2=O)c1. The second-order valence-electron chi connectivity index (χ2n) is 8.70. The summed E-state index contributed by atoms with van der Waals surface area (Å²) in [4.78, 5) is 38.2. The van der Waals surface area contributed by atoms with Gasteiger partial charge in [-0.2, -0.15) is 0 Å². The van der Waals surface area contributed by atoms with Crippen molar-refractivity contribution in [3.05, 3.63) is 135 Å². The van der Waals surface area contributed by atoms with Crippen molar-refractivity contribution < 1.29 is 13.6 Å². The van der Waals surface area contributed by atoms with Crippen molar-refractivity contribution in [1.29, 1.82) is 0 Å². The lowest BCUT2D eigenvalue weighted by Crippen LogP contribution is -2.12. The Morgan fingerprint density at radius 3 is 1.95 bits per heavy atom. The van der Waals surface area contributed by atoms with Crippen LogP contribution in [0, 0.1) is 0 Å². The molecule has 7 heteroatoms. The van der Waals surface area contributed by atoms with Gasteiger partial charge in [-0.05, 0) is 54.1 Å². The van der Waals surface area contributed by atoms with Crippen molar-refractivity contribution in [2.24, 2.45) is 0 Å². The van der Waals surface area contributed by atoms with Crippen LogP contribution in [0.25, 0.3) is 44.2 Å². The molecule has 38 heavy (non-hydrogen) atoms. The summed E-state index contributed by atoms with van der Waals surface area (Å²) in [5.74, 6) is -0.383. The van der Waals surface area contributed by atoms with E-state index in [1.54, 1.807) is 78.9 Å². The molecule has 6 rings (SSSR count). The van der Waals surface area contributed by atoms with E-state index in [1.165, 1.54) is 0 Å². The van der Waals surface area contributed by atoms with E-state index in [4.69, 9.17) is 20.4 Å². The lowest BCUT2D eigenvalue weighted by molar-refractivity contribution is 0.102. The van der Waals surface area contributed by atoms with Crippen LogP contribution in [-0.4, -0.2) is 5.91 Å². The molecule has 0 aliphatic heterocycles. The van der Waals surface area contributed by atoms with Crippen molar-refractivity contribution in [2.45, 2.75) is 0 Å². The van der Waals surface area contributed by atoms with Gasteiger partial charge in [0.1, 0.15) is 11.2 Å². The number of anilines is 1. The molecule has 1 N–H and O–H groups in total. The summed E-state index contributed by atoms with van der Waals surface area (Å²) < 4.78 is 10.9. The summed E-state index contributed by atoms with van der Waals surface area (Å²) in [6, 6.07) is 29.6. The molecule has 0 spiro atoms. The molecular weight excluding hydrogens is 502 g/mol. The first-order chi connectivity index (χ1) is 18.5. The summed E-state index contributed by atoms with van der Waals surface area (Å²) in [5.41, 5.74) is 2.55. The number of benzene rings is 4. The Kier molecular flexibility index (Phi) is 5.86. The van der Waals surface area contributed by atoms with Gasteiger partial charge in [-0.15, -0.1) is 0 Å². The molecule has 2 aromatic heterocycles. The highest BCUT2D eigenvalue weighted by Gasteiger charge is 2.15. The second kappa shape index (κ2) is 9.50. The number of fused-ring (bicyclic) bond motifs is 2. The number of carbonyl (C=O) groups is 1. The van der Waals surface area contributed by atoms with Crippen LogP contribution in [0.1, 0.15) is 10.4 Å². The summed E-state index contributed by atoms with van der Waals surface area (Å²) >= 11 is 6.51. The molecule has 0 saturated heterocycles. The van der Waals surface area contributed by atoms with Crippen molar-refractivity contribution in [3.8, 4) is 22.3 Å². The molecule has 6 nitrogen and oxygen atoms in total. The zero-order valence-electron chi connectivity index (χ0n) is 19.7. The van der Waals surface area contributed by atoms with Crippen molar-refractivity contribution in [1.82, 2.24) is 0 Å². The first-order valence-corrected chi connectivity index (χ1v) is 12.1. The average molecular weight is 520 g/mol. The Labute approximate surface area is 220 Å². The van der Waals surface area contributed by atoms with E-state index in [2.05, 4.69) is 5.32 Å². The molecule has 2 heterocycles. The third kappa shape index (κ3) is 4.38. The van der Waals surface area contributed by atoms with Gasteiger partial charge in [0.25, 0.3) is 5.91 Å². The molecule has 4 aromatic carbocycles. The van der Waals surface area contributed by atoms with Crippen molar-refractivity contribution >= 4 is 45.1 Å². The van der Waals surface area contributed by atoms with E-state index >= 15 is 0 Å². The number of carbonyl (C=O) groups excluding carboxylic acids is 1. The molecule has 0 aliphatic carbocycles. The van der Waals surface area contributed by atoms with Crippen LogP contribution in [0.4, 0.5) is 5.69 Å². The highest BCUT2D eigenvalue weighted by atomic mass is 35.5. The Hall–Kier alpha value is -4.94. The first-order valence-electron chi connectivity index (χ1n) is 11.7. The fourth-order valence-corrected chi connectivity index (χ4v) is 4.64. The predicted molar refractivity (Wildman–Crippen MR) is 149 cm³/mol. The molecule has 0 aliphatic rings. The zero-order chi connectivity index (χ0) is 26.2. The maximum absolute atomic E-state index is 13.0. The number of rotatable bonds is 4. The first kappa shape index (κ1) is 23.5. The van der Waals surface area contributed by atoms with Gasteiger partial charge in [0, 0.05) is 27.6 Å². The maximum atomic E-state index is 13.0. The summed E-state index contributed by atoms with van der Waals surface area (Å²) in [7, 11) is 0. The lowest BCUT2D eigenvalue weighted by atomic mass is 10.0. The van der Waals surface area contributed by atoms with Gasteiger partial charge < -0.3 is 14.2 Å². The van der Waals surface area contributed by atoms with E-state index in [-0.39, 0.29) is 10.9 Å². The number of amides is 1. The molecule has 0 bridgehead atoms. The van der Waals surface area contributed by atoms with Gasteiger partial charge in [-0.25, -0.2) is 9.59 Å². The lowest BCUT2D eigenvalue weighted by Gasteiger charge is -2.10. The van der Waals surface area contributed by atoms with Gasteiger partial charge >= 0.3 is 11.3 Å². The largest absolute Gasteiger partial charge is 0.422 e. The van der Waals surface area contributed by atoms with Crippen LogP contribution in [0.3, 0.4) is 0 Å². The average Bonchev–Trinajstić information content (AvgIpc) is 2.92. The third-order valence-electron chi connectivity index (χ3n) is 6.24. The topological polar surface area (TPSA) is 89.5 Å². The van der Waals surface area contributed by atoms with E-state index in [1.807, 2.05) is 24.3 Å². The van der Waals surface area contributed by atoms with Crippen LogP contribution in [0.15, 0.2) is 122 Å². The van der Waals surface area contributed by atoms with E-state index in [0.717, 1.165) is 10.8 Å². The smallest absolute Gasteiger partial charge is 0.344 e. The number of nitrogens with one attached hydrogen (secondary N) is 1. The van der Waals surface area contributed by atoms with Crippen molar-refractivity contribution in [3.63, 3.8) is 0 Å². The van der Waals surface area contributed by atoms with E-state index in [9.17, 15) is 14.4 Å². The molecule has 6 aromatic rings. The van der Waals surface area contributed by atoms with Crippen LogP contribution in [0.2, 0.25) is 5.02 Å². The Morgan fingerprint density at radius 2 is 1.26 bits per heavy atom. The third-order valence-corrected chi connectivity index (χ3v) is 6.55. The fourth-order valence-electron chi connectivity index (χ4n) is 4.36. The minimum Gasteiger partial charge on any atom is -0.422 e. The molecule has 0 unspecified atom stereocenters. The molecule has 0 atom stereocenters. The number of halogens is 1. The van der Waals surface area contributed by atoms with Gasteiger partial charge in [-0.1, -0.05) is 66.2 Å². The Morgan fingerprint density at radius 1 is 0.632 bits per heavy atom. The van der Waals surface area contributed by atoms with Gasteiger partial charge in [0.15, 0.2) is 0 Å². The Balaban J connectivity index is 1.28. The number of hydrogen-bond acceptors (Lipinski definition) is 5. The number of para-hydroxylation sites is 2. The van der Waals surface area contributed by atoms with Crippen LogP contribution < -0.4 is 16.6 Å². The number of hydrogen-bond donors (Lipinski definition) is 1. The zero-order valence-corrected chi connectivity index (χ0v) is 20.5. The summed E-state index contributed by atoms with van der Waals surface area (Å²) in [6.45, 7) is 0. The van der Waals surface area contributed by atoms with Crippen LogP contribution in [-0.2, 0) is 0 Å². The maximum Gasteiger partial charge on any atom is 0.344 e. The van der Waals surface area contributed by atoms with Crippen LogP contribution >= 0.6 is 11.6 Å². The molecule has 0 fully saturated rings. The van der Waals surface area contributed by atoms with Gasteiger partial charge in [0.2, 0.25) is 0 Å². The van der Waals surface area contributed by atoms with Gasteiger partial charge in [-0.3, -0.25) is 4.79 Å². The standard InChI is InChI=1S/C31H18ClNO5/c32-26-17-22(12-13-23(26)25-16-20-7-2-4-11-28(20)38-31(25)36)33-29(34)21-9-5-8-18(14-21)24-15-19-6-1-3-10-27(19)37-30(24)35/h1-17H,(H,33,34). The monoisotopic (exact) mass is 519 g/mol. The molecular formula is C31H18ClNO5. The van der Waals surface area contributed by atoms with Crippen molar-refractivity contribution in [2.75, 3.05) is 5.32 Å². The highest BCUT2D eigenvalue weighted by molar-refractivity contribution is 6.33. The second-order valence-corrected chi connectivity index (χ2v) is 9.11. The molecule has 0 saturated carbocycles. The molecule has 1 amide bonds. The minimum absolute atomic E-state index is 0.285. The normalized spacial score (nSPS) is 11.1. The Bertz CT molecular complexity index is 1990. The van der Waals surface area contributed by atoms with E-state index in [0.29, 0.717) is 44.7 Å². The fraction of sp³-hybridized carbons (Fsp3) is 0. The quantitative estimate of drug-likeness (QED) is 0.250. The molecule has 0 radical (unpaired) electrons. The van der Waals surface area contributed by atoms with E-state index < -0.39 is 11.3 Å². The summed E-state index contributed by atoms with van der Waals surface area (Å²) in [6.07, 6.45) is 0. The predicted octanol–water partition coefficient (Wildman–Crippen LogP) is 7.14. The highest BCUT2D eigenvalue weighted by Crippen LogP contribution is 2.30.